The van der Waals surface area contributed by atoms with Gasteiger partial charge in [-0.05, 0) is 50.6 Å². The first-order chi connectivity index (χ1) is 10.5. The molecule has 0 aliphatic heterocycles. The Hall–Kier alpha value is -2.00. The molecule has 3 nitrogen and oxygen atoms in total. The van der Waals surface area contributed by atoms with Crippen molar-refractivity contribution in [3.63, 3.8) is 0 Å². The van der Waals surface area contributed by atoms with E-state index in [1.807, 2.05) is 56.3 Å². The maximum absolute atomic E-state index is 12.6. The Morgan fingerprint density at radius 2 is 1.91 bits per heavy atom. The maximum atomic E-state index is 12.6. The summed E-state index contributed by atoms with van der Waals surface area (Å²) in [5, 5.41) is 0.507. The number of hydrogen-bond acceptors (Lipinski definition) is 2. The minimum Gasteiger partial charge on any atom is -0.479 e. The number of halogens is 1. The highest BCUT2D eigenvalue weighted by Crippen LogP contribution is 2.27. The third kappa shape index (κ3) is 3.80. The molecule has 0 spiro atoms. The topological polar surface area (TPSA) is 29.5 Å². The molecule has 0 aromatic heterocycles. The molecule has 116 valence electrons. The molecule has 0 aliphatic carbocycles. The molecule has 0 saturated heterocycles. The largest absolute Gasteiger partial charge is 0.479 e. The van der Waals surface area contributed by atoms with E-state index >= 15 is 0 Å². The summed E-state index contributed by atoms with van der Waals surface area (Å²) in [6.45, 7) is 6.22. The predicted molar refractivity (Wildman–Crippen MR) is 90.7 cm³/mol. The quantitative estimate of drug-likeness (QED) is 0.814. The van der Waals surface area contributed by atoms with E-state index in [1.54, 1.807) is 17.9 Å². The Kier molecular flexibility index (Phi) is 5.45. The smallest absolute Gasteiger partial charge is 0.267 e. The zero-order valence-electron chi connectivity index (χ0n) is 13.0. The number of nitrogens with zero attached hydrogens (tertiary/aromatic N) is 1. The van der Waals surface area contributed by atoms with Gasteiger partial charge in [0.1, 0.15) is 5.75 Å². The monoisotopic (exact) mass is 317 g/mol. The second-order valence-electron chi connectivity index (χ2n) is 5.11. The Morgan fingerprint density at radius 3 is 2.55 bits per heavy atom. The van der Waals surface area contributed by atoms with Gasteiger partial charge in [-0.3, -0.25) is 4.79 Å². The van der Waals surface area contributed by atoms with E-state index in [2.05, 4.69) is 0 Å². The van der Waals surface area contributed by atoms with Crippen LogP contribution in [0.25, 0.3) is 0 Å². The summed E-state index contributed by atoms with van der Waals surface area (Å²) < 4.78 is 5.77. The molecule has 2 aromatic carbocycles. The third-order valence-corrected chi connectivity index (χ3v) is 3.70. The van der Waals surface area contributed by atoms with Crippen LogP contribution in [0.1, 0.15) is 19.4 Å². The molecule has 0 N–H and O–H groups in total. The lowest BCUT2D eigenvalue weighted by atomic mass is 10.2. The molecule has 0 bridgehead atoms. The highest BCUT2D eigenvalue weighted by molar-refractivity contribution is 6.32. The molecule has 1 unspecified atom stereocenters. The number of benzene rings is 2. The minimum atomic E-state index is -0.612. The first-order valence-electron chi connectivity index (χ1n) is 7.32. The van der Waals surface area contributed by atoms with Gasteiger partial charge in [0.2, 0.25) is 0 Å². The van der Waals surface area contributed by atoms with E-state index in [0.29, 0.717) is 17.3 Å². The second-order valence-corrected chi connectivity index (χ2v) is 5.52. The molecule has 2 aromatic rings. The van der Waals surface area contributed by atoms with Crippen molar-refractivity contribution < 1.29 is 9.53 Å². The number of anilines is 1. The fourth-order valence-electron chi connectivity index (χ4n) is 2.23. The van der Waals surface area contributed by atoms with Crippen molar-refractivity contribution in [1.82, 2.24) is 0 Å². The number of rotatable bonds is 5. The average Bonchev–Trinajstić information content (AvgIpc) is 2.52. The van der Waals surface area contributed by atoms with Gasteiger partial charge in [0, 0.05) is 12.2 Å². The van der Waals surface area contributed by atoms with Gasteiger partial charge in [0.05, 0.1) is 5.02 Å². The van der Waals surface area contributed by atoms with Gasteiger partial charge in [0.15, 0.2) is 6.10 Å². The number of likely N-dealkylation sites (N-methyl/N-ethyl adjacent to an activating group) is 1. The standard InChI is InChI=1S/C18H20ClNO2/c1-4-20(15-8-6-5-7-9-15)18(21)14(3)22-17-12-13(2)10-11-16(17)19/h5-12,14H,4H2,1-3H3. The Morgan fingerprint density at radius 1 is 1.23 bits per heavy atom. The fourth-order valence-corrected chi connectivity index (χ4v) is 2.40. The van der Waals surface area contributed by atoms with Crippen molar-refractivity contribution in [1.29, 1.82) is 0 Å². The number of aryl methyl sites for hydroxylation is 1. The molecule has 1 amide bonds. The lowest BCUT2D eigenvalue weighted by molar-refractivity contribution is -0.124. The van der Waals surface area contributed by atoms with E-state index in [1.165, 1.54) is 0 Å². The van der Waals surface area contributed by atoms with Crippen LogP contribution in [-0.2, 0) is 4.79 Å². The summed E-state index contributed by atoms with van der Waals surface area (Å²) in [7, 11) is 0. The first-order valence-corrected chi connectivity index (χ1v) is 7.70. The van der Waals surface area contributed by atoms with E-state index in [0.717, 1.165) is 11.3 Å². The minimum absolute atomic E-state index is 0.0914. The summed E-state index contributed by atoms with van der Waals surface area (Å²) in [4.78, 5) is 14.3. The molecule has 4 heteroatoms. The average molecular weight is 318 g/mol. The number of carbonyl (C=O) groups is 1. The molecular formula is C18H20ClNO2. The fraction of sp³-hybridized carbons (Fsp3) is 0.278. The molecule has 2 rings (SSSR count). The van der Waals surface area contributed by atoms with Crippen molar-refractivity contribution in [3.8, 4) is 5.75 Å². The van der Waals surface area contributed by atoms with Gasteiger partial charge in [-0.25, -0.2) is 0 Å². The van der Waals surface area contributed by atoms with Crippen molar-refractivity contribution in [2.45, 2.75) is 26.9 Å². The summed E-state index contributed by atoms with van der Waals surface area (Å²) in [5.74, 6) is 0.443. The van der Waals surface area contributed by atoms with Crippen LogP contribution in [0.15, 0.2) is 48.5 Å². The molecule has 0 heterocycles. The van der Waals surface area contributed by atoms with Crippen LogP contribution >= 0.6 is 11.6 Å². The van der Waals surface area contributed by atoms with Crippen LogP contribution in [0, 0.1) is 6.92 Å². The number of hydrogen-bond donors (Lipinski definition) is 0. The predicted octanol–water partition coefficient (Wildman–Crippen LogP) is 4.47. The van der Waals surface area contributed by atoms with Gasteiger partial charge in [0.25, 0.3) is 5.91 Å². The molecule has 1 atom stereocenters. The summed E-state index contributed by atoms with van der Waals surface area (Å²) >= 11 is 6.13. The van der Waals surface area contributed by atoms with Crippen LogP contribution in [0.4, 0.5) is 5.69 Å². The zero-order chi connectivity index (χ0) is 16.1. The second kappa shape index (κ2) is 7.32. The van der Waals surface area contributed by atoms with Crippen LogP contribution in [-0.4, -0.2) is 18.6 Å². The highest BCUT2D eigenvalue weighted by atomic mass is 35.5. The number of carbonyl (C=O) groups excluding carboxylic acids is 1. The van der Waals surface area contributed by atoms with Crippen LogP contribution in [0.5, 0.6) is 5.75 Å². The van der Waals surface area contributed by atoms with Gasteiger partial charge >= 0.3 is 0 Å². The summed E-state index contributed by atoms with van der Waals surface area (Å²) in [6, 6.07) is 15.1. The Labute approximate surface area is 136 Å². The van der Waals surface area contributed by atoms with Gasteiger partial charge in [-0.1, -0.05) is 35.9 Å². The van der Waals surface area contributed by atoms with Crippen molar-refractivity contribution in [2.75, 3.05) is 11.4 Å². The van der Waals surface area contributed by atoms with Gasteiger partial charge in [-0.15, -0.1) is 0 Å². The number of ether oxygens (including phenoxy) is 1. The van der Waals surface area contributed by atoms with Crippen LogP contribution < -0.4 is 9.64 Å². The summed E-state index contributed by atoms with van der Waals surface area (Å²) in [5.41, 5.74) is 1.90. The lowest BCUT2D eigenvalue weighted by Gasteiger charge is -2.25. The Bertz CT molecular complexity index is 643. The molecule has 22 heavy (non-hydrogen) atoms. The van der Waals surface area contributed by atoms with Crippen LogP contribution in [0.3, 0.4) is 0 Å². The van der Waals surface area contributed by atoms with E-state index < -0.39 is 6.10 Å². The Balaban J connectivity index is 2.16. The van der Waals surface area contributed by atoms with Crippen molar-refractivity contribution >= 4 is 23.2 Å². The summed E-state index contributed by atoms with van der Waals surface area (Å²) in [6.07, 6.45) is -0.612. The van der Waals surface area contributed by atoms with E-state index in [-0.39, 0.29) is 5.91 Å². The van der Waals surface area contributed by atoms with Crippen LogP contribution in [0.2, 0.25) is 5.02 Å². The van der Waals surface area contributed by atoms with E-state index in [4.69, 9.17) is 16.3 Å². The number of amides is 1. The normalized spacial score (nSPS) is 11.8. The molecule has 0 fully saturated rings. The van der Waals surface area contributed by atoms with Gasteiger partial charge < -0.3 is 9.64 Å². The number of para-hydroxylation sites is 1. The SMILES string of the molecule is CCN(C(=O)C(C)Oc1cc(C)ccc1Cl)c1ccccc1. The van der Waals surface area contributed by atoms with Gasteiger partial charge in [-0.2, -0.15) is 0 Å². The molecule has 0 radical (unpaired) electrons. The van der Waals surface area contributed by atoms with E-state index in [9.17, 15) is 4.79 Å². The molecule has 0 saturated carbocycles. The zero-order valence-corrected chi connectivity index (χ0v) is 13.8. The van der Waals surface area contributed by atoms with Crippen molar-refractivity contribution in [3.05, 3.63) is 59.1 Å². The third-order valence-electron chi connectivity index (χ3n) is 3.39. The van der Waals surface area contributed by atoms with Crippen molar-refractivity contribution in [2.24, 2.45) is 0 Å². The molecular weight excluding hydrogens is 298 g/mol. The first kappa shape index (κ1) is 16.4. The lowest BCUT2D eigenvalue weighted by Crippen LogP contribution is -2.40. The molecule has 0 aliphatic rings. The highest BCUT2D eigenvalue weighted by Gasteiger charge is 2.22. The maximum Gasteiger partial charge on any atom is 0.267 e.